The maximum atomic E-state index is 11.7. The molecule has 1 saturated heterocycles. The second kappa shape index (κ2) is 7.29. The maximum absolute atomic E-state index is 11.7. The van der Waals surface area contributed by atoms with Crippen LogP contribution < -0.4 is 4.90 Å². The minimum Gasteiger partial charge on any atom is -0.478 e. The molecule has 27 heavy (non-hydrogen) atoms. The Kier molecular flexibility index (Phi) is 4.69. The molecule has 1 N–H and O–H groups in total. The molecule has 2 aromatic carbocycles. The van der Waals surface area contributed by atoms with Gasteiger partial charge in [0.1, 0.15) is 0 Å². The Morgan fingerprint density at radius 1 is 0.963 bits per heavy atom. The first-order chi connectivity index (χ1) is 13.1. The molecule has 0 unspecified atom stereocenters. The van der Waals surface area contributed by atoms with Crippen LogP contribution in [0.2, 0.25) is 0 Å². The van der Waals surface area contributed by atoms with Crippen LogP contribution in [-0.2, 0) is 4.74 Å². The lowest BCUT2D eigenvalue weighted by Crippen LogP contribution is -2.36. The van der Waals surface area contributed by atoms with Crippen molar-refractivity contribution in [2.24, 2.45) is 0 Å². The van der Waals surface area contributed by atoms with Crippen molar-refractivity contribution in [1.82, 2.24) is 4.57 Å². The largest absolute Gasteiger partial charge is 0.478 e. The van der Waals surface area contributed by atoms with Crippen molar-refractivity contribution in [2.45, 2.75) is 6.92 Å². The first-order valence-corrected chi connectivity index (χ1v) is 9.09. The van der Waals surface area contributed by atoms with Crippen molar-refractivity contribution in [1.29, 1.82) is 0 Å². The number of aromatic carboxylic acids is 1. The molecule has 138 valence electrons. The molecule has 0 saturated carbocycles. The Labute approximate surface area is 158 Å². The van der Waals surface area contributed by atoms with E-state index in [0.717, 1.165) is 54.6 Å². The van der Waals surface area contributed by atoms with Gasteiger partial charge in [0.15, 0.2) is 0 Å². The Hall–Kier alpha value is -3.05. The van der Waals surface area contributed by atoms with Gasteiger partial charge in [-0.25, -0.2) is 4.79 Å². The molecule has 0 aliphatic carbocycles. The third kappa shape index (κ3) is 3.34. The Bertz CT molecular complexity index is 940. The average Bonchev–Trinajstić information content (AvgIpc) is 3.07. The minimum absolute atomic E-state index is 0.325. The van der Waals surface area contributed by atoms with Crippen molar-refractivity contribution >= 4 is 11.7 Å². The number of anilines is 1. The highest BCUT2D eigenvalue weighted by Gasteiger charge is 2.19. The van der Waals surface area contributed by atoms with Gasteiger partial charge in [0, 0.05) is 30.2 Å². The van der Waals surface area contributed by atoms with Gasteiger partial charge in [0.05, 0.1) is 24.5 Å². The van der Waals surface area contributed by atoms with Crippen molar-refractivity contribution in [3.63, 3.8) is 0 Å². The number of carbonyl (C=O) groups is 1. The summed E-state index contributed by atoms with van der Waals surface area (Å²) >= 11 is 0. The summed E-state index contributed by atoms with van der Waals surface area (Å²) < 4.78 is 7.43. The van der Waals surface area contributed by atoms with Gasteiger partial charge >= 0.3 is 5.97 Å². The minimum atomic E-state index is -0.909. The molecular formula is C22H22N2O3. The number of ether oxygens (including phenoxy) is 1. The van der Waals surface area contributed by atoms with Crippen LogP contribution in [0.4, 0.5) is 5.69 Å². The summed E-state index contributed by atoms with van der Waals surface area (Å²) in [6.07, 6.45) is 0. The second-order valence-corrected chi connectivity index (χ2v) is 6.65. The molecule has 1 aliphatic heterocycles. The molecule has 0 atom stereocenters. The van der Waals surface area contributed by atoms with E-state index < -0.39 is 5.97 Å². The second-order valence-electron chi connectivity index (χ2n) is 6.65. The van der Waals surface area contributed by atoms with Gasteiger partial charge in [-0.2, -0.15) is 0 Å². The van der Waals surface area contributed by atoms with Gasteiger partial charge in [-0.3, -0.25) is 0 Å². The number of benzene rings is 2. The van der Waals surface area contributed by atoms with Crippen LogP contribution in [0.15, 0.2) is 60.7 Å². The van der Waals surface area contributed by atoms with E-state index in [9.17, 15) is 9.90 Å². The average molecular weight is 362 g/mol. The number of rotatable bonds is 4. The lowest BCUT2D eigenvalue weighted by atomic mass is 10.1. The molecular weight excluding hydrogens is 340 g/mol. The molecule has 0 amide bonds. The van der Waals surface area contributed by atoms with Gasteiger partial charge in [0.25, 0.3) is 0 Å². The van der Waals surface area contributed by atoms with E-state index in [4.69, 9.17) is 4.74 Å². The number of hydrogen-bond acceptors (Lipinski definition) is 3. The van der Waals surface area contributed by atoms with E-state index in [1.165, 1.54) is 0 Å². The van der Waals surface area contributed by atoms with Gasteiger partial charge in [0.2, 0.25) is 0 Å². The van der Waals surface area contributed by atoms with Crippen LogP contribution >= 0.6 is 0 Å². The normalized spacial score (nSPS) is 14.3. The molecule has 1 aromatic heterocycles. The van der Waals surface area contributed by atoms with Crippen LogP contribution in [0.3, 0.4) is 0 Å². The Balaban J connectivity index is 1.77. The lowest BCUT2D eigenvalue weighted by Gasteiger charge is -2.29. The molecule has 0 radical (unpaired) electrons. The standard InChI is InChI=1S/C22H22N2O3/c1-16-20(22(25)26)15-21(17-5-3-2-4-6-17)24(16)19-9-7-18(8-10-19)23-11-13-27-14-12-23/h2-10,15H,11-14H2,1H3,(H,25,26). The lowest BCUT2D eigenvalue weighted by molar-refractivity contribution is 0.0696. The molecule has 5 heteroatoms. The van der Waals surface area contributed by atoms with E-state index in [1.807, 2.05) is 41.8 Å². The monoisotopic (exact) mass is 362 g/mol. The molecule has 4 rings (SSSR count). The van der Waals surface area contributed by atoms with E-state index in [2.05, 4.69) is 29.2 Å². The zero-order valence-corrected chi connectivity index (χ0v) is 15.3. The third-order valence-electron chi connectivity index (χ3n) is 5.03. The molecule has 1 fully saturated rings. The molecule has 5 nitrogen and oxygen atoms in total. The predicted octanol–water partition coefficient (Wildman–Crippen LogP) is 3.99. The quantitative estimate of drug-likeness (QED) is 0.763. The SMILES string of the molecule is Cc1c(C(=O)O)cc(-c2ccccc2)n1-c1ccc(N2CCOCC2)cc1. The van der Waals surface area contributed by atoms with E-state index >= 15 is 0 Å². The van der Waals surface area contributed by atoms with Crippen molar-refractivity contribution in [3.05, 3.63) is 71.9 Å². The fourth-order valence-corrected chi connectivity index (χ4v) is 3.61. The van der Waals surface area contributed by atoms with Crippen LogP contribution in [0.5, 0.6) is 0 Å². The number of carboxylic acid groups (broad SMARTS) is 1. The van der Waals surface area contributed by atoms with Gasteiger partial charge < -0.3 is 19.3 Å². The fraction of sp³-hybridized carbons (Fsp3) is 0.227. The molecule has 0 spiro atoms. The number of carboxylic acids is 1. The number of hydrogen-bond donors (Lipinski definition) is 1. The zero-order valence-electron chi connectivity index (χ0n) is 15.3. The summed E-state index contributed by atoms with van der Waals surface area (Å²) in [4.78, 5) is 14.0. The highest BCUT2D eigenvalue weighted by molar-refractivity contribution is 5.91. The molecule has 0 bridgehead atoms. The van der Waals surface area contributed by atoms with E-state index in [1.54, 1.807) is 6.07 Å². The zero-order chi connectivity index (χ0) is 18.8. The van der Waals surface area contributed by atoms with Crippen LogP contribution in [0, 0.1) is 6.92 Å². The number of nitrogens with zero attached hydrogens (tertiary/aromatic N) is 2. The van der Waals surface area contributed by atoms with E-state index in [-0.39, 0.29) is 0 Å². The molecule has 3 aromatic rings. The fourth-order valence-electron chi connectivity index (χ4n) is 3.61. The number of morpholine rings is 1. The predicted molar refractivity (Wildman–Crippen MR) is 106 cm³/mol. The third-order valence-corrected chi connectivity index (χ3v) is 5.03. The summed E-state index contributed by atoms with van der Waals surface area (Å²) in [7, 11) is 0. The number of aromatic nitrogens is 1. The van der Waals surface area contributed by atoms with Crippen molar-refractivity contribution < 1.29 is 14.6 Å². The first kappa shape index (κ1) is 17.4. The summed E-state index contributed by atoms with van der Waals surface area (Å²) in [6, 6.07) is 19.9. The topological polar surface area (TPSA) is 54.7 Å². The van der Waals surface area contributed by atoms with Gasteiger partial charge in [-0.05, 0) is 42.8 Å². The first-order valence-electron chi connectivity index (χ1n) is 9.09. The summed E-state index contributed by atoms with van der Waals surface area (Å²) in [5.74, 6) is -0.909. The summed E-state index contributed by atoms with van der Waals surface area (Å²) in [5, 5.41) is 9.58. The smallest absolute Gasteiger partial charge is 0.337 e. The van der Waals surface area contributed by atoms with Crippen LogP contribution in [-0.4, -0.2) is 41.9 Å². The molecule has 2 heterocycles. The maximum Gasteiger partial charge on any atom is 0.337 e. The summed E-state index contributed by atoms with van der Waals surface area (Å²) in [6.45, 7) is 5.13. The van der Waals surface area contributed by atoms with E-state index in [0.29, 0.717) is 5.56 Å². The highest BCUT2D eigenvalue weighted by atomic mass is 16.5. The summed E-state index contributed by atoms with van der Waals surface area (Å²) in [5.41, 5.74) is 5.03. The Morgan fingerprint density at radius 2 is 1.59 bits per heavy atom. The van der Waals surface area contributed by atoms with Crippen molar-refractivity contribution in [3.8, 4) is 16.9 Å². The van der Waals surface area contributed by atoms with Gasteiger partial charge in [-0.15, -0.1) is 0 Å². The molecule has 1 aliphatic rings. The van der Waals surface area contributed by atoms with Gasteiger partial charge in [-0.1, -0.05) is 30.3 Å². The highest BCUT2D eigenvalue weighted by Crippen LogP contribution is 2.30. The Morgan fingerprint density at radius 3 is 2.22 bits per heavy atom. The van der Waals surface area contributed by atoms with Crippen LogP contribution in [0.25, 0.3) is 16.9 Å². The van der Waals surface area contributed by atoms with Crippen LogP contribution in [0.1, 0.15) is 16.1 Å². The van der Waals surface area contributed by atoms with Crippen molar-refractivity contribution in [2.75, 3.05) is 31.2 Å².